The number of ketones is 1. The first-order chi connectivity index (χ1) is 17.9. The molecule has 3 atom stereocenters. The van der Waals surface area contributed by atoms with Gasteiger partial charge in [0.1, 0.15) is 21.7 Å². The van der Waals surface area contributed by atoms with Gasteiger partial charge < -0.3 is 15.7 Å². The second-order valence-corrected chi connectivity index (χ2v) is 10.3. The number of hydrogen-bond acceptors (Lipinski definition) is 8. The van der Waals surface area contributed by atoms with E-state index in [1.165, 1.54) is 49.0 Å². The molecule has 0 aliphatic rings. The lowest BCUT2D eigenvalue weighted by molar-refractivity contribution is -0.137. The Morgan fingerprint density at radius 1 is 1.03 bits per heavy atom. The van der Waals surface area contributed by atoms with Gasteiger partial charge in [-0.25, -0.2) is 14.4 Å². The van der Waals surface area contributed by atoms with Crippen LogP contribution in [-0.2, 0) is 4.79 Å². The summed E-state index contributed by atoms with van der Waals surface area (Å²) in [6.07, 6.45) is -4.75. The molecule has 8 nitrogen and oxygen atoms in total. The number of benzene rings is 1. The zero-order chi connectivity index (χ0) is 27.9. The summed E-state index contributed by atoms with van der Waals surface area (Å²) in [5.74, 6) is -2.76. The van der Waals surface area contributed by atoms with Crippen molar-refractivity contribution in [2.75, 3.05) is 0 Å². The van der Waals surface area contributed by atoms with E-state index in [-0.39, 0.29) is 22.7 Å². The second-order valence-electron chi connectivity index (χ2n) is 8.41. The zero-order valence-electron chi connectivity index (χ0n) is 20.0. The molecule has 2 amide bonds. The van der Waals surface area contributed by atoms with Crippen molar-refractivity contribution in [2.24, 2.45) is 0 Å². The SMILES string of the molecule is CC(O)CC[C@H](NC(=O)c1cnc(-c2ccc(F)cc2)s1)C(=O)N[C@@H](CCC(F)(F)F)C(=O)c1nccs1. The van der Waals surface area contributed by atoms with E-state index in [9.17, 15) is 37.1 Å². The quantitative estimate of drug-likeness (QED) is 0.219. The molecule has 14 heteroatoms. The number of aliphatic hydroxyl groups excluding tert-OH is 1. The van der Waals surface area contributed by atoms with Crippen LogP contribution in [0.1, 0.15) is 52.1 Å². The predicted molar refractivity (Wildman–Crippen MR) is 133 cm³/mol. The van der Waals surface area contributed by atoms with Crippen LogP contribution in [0.5, 0.6) is 0 Å². The summed E-state index contributed by atoms with van der Waals surface area (Å²) in [5.41, 5.74) is 0.576. The molecule has 2 heterocycles. The molecule has 1 aromatic carbocycles. The average Bonchev–Trinajstić information content (AvgIpc) is 3.56. The standard InChI is InChI=1S/C24H24F4N4O4S2/c1-13(33)2-7-17(32-21(36)18-12-30-22(38-18)14-3-5-15(25)6-4-14)20(35)31-16(8-9-24(26,27)28)19(34)23-29-10-11-37-23/h3-6,10-13,16-17,33H,2,7-9H2,1H3,(H,31,35)(H,32,36)/t13?,16-,17-/m0/s1. The zero-order valence-corrected chi connectivity index (χ0v) is 21.6. The Bertz CT molecular complexity index is 1230. The molecule has 0 bridgehead atoms. The Labute approximate surface area is 223 Å². The summed E-state index contributed by atoms with van der Waals surface area (Å²) in [6, 6.07) is 2.70. The van der Waals surface area contributed by atoms with Gasteiger partial charge in [0.2, 0.25) is 11.7 Å². The van der Waals surface area contributed by atoms with Crippen LogP contribution in [0, 0.1) is 5.82 Å². The molecule has 0 radical (unpaired) electrons. The number of amides is 2. The van der Waals surface area contributed by atoms with Gasteiger partial charge >= 0.3 is 6.18 Å². The summed E-state index contributed by atoms with van der Waals surface area (Å²) in [6.45, 7) is 1.48. The van der Waals surface area contributed by atoms with E-state index in [2.05, 4.69) is 20.6 Å². The van der Waals surface area contributed by atoms with Gasteiger partial charge in [0.25, 0.3) is 5.91 Å². The monoisotopic (exact) mass is 572 g/mol. The number of Topliss-reactive ketones (excluding diaryl/α,β-unsaturated/α-hetero) is 1. The number of carbonyl (C=O) groups is 3. The summed E-state index contributed by atoms with van der Waals surface area (Å²) >= 11 is 1.92. The van der Waals surface area contributed by atoms with Gasteiger partial charge in [0, 0.05) is 23.6 Å². The number of carbonyl (C=O) groups excluding carboxylic acids is 3. The van der Waals surface area contributed by atoms with E-state index in [0.29, 0.717) is 10.6 Å². The van der Waals surface area contributed by atoms with Gasteiger partial charge in [-0.05, 0) is 50.5 Å². The van der Waals surface area contributed by atoms with Crippen molar-refractivity contribution in [2.45, 2.75) is 57.0 Å². The molecule has 0 aliphatic heterocycles. The van der Waals surface area contributed by atoms with Crippen molar-refractivity contribution >= 4 is 40.3 Å². The van der Waals surface area contributed by atoms with Gasteiger partial charge in [0.05, 0.1) is 18.3 Å². The Balaban J connectivity index is 1.75. The highest BCUT2D eigenvalue weighted by molar-refractivity contribution is 7.16. The lowest BCUT2D eigenvalue weighted by atomic mass is 10.0. The number of nitrogens with zero attached hydrogens (tertiary/aromatic N) is 2. The number of aliphatic hydroxyl groups is 1. The van der Waals surface area contributed by atoms with E-state index in [0.717, 1.165) is 22.7 Å². The minimum Gasteiger partial charge on any atom is -0.393 e. The molecule has 38 heavy (non-hydrogen) atoms. The number of thiazole rings is 2. The van der Waals surface area contributed by atoms with Crippen LogP contribution in [-0.4, -0.2) is 57.0 Å². The Kier molecular flexibility index (Phi) is 10.1. The third-order valence-corrected chi connectivity index (χ3v) is 7.14. The fourth-order valence-electron chi connectivity index (χ4n) is 3.35. The van der Waals surface area contributed by atoms with Crippen molar-refractivity contribution in [1.29, 1.82) is 0 Å². The second kappa shape index (κ2) is 13.0. The van der Waals surface area contributed by atoms with Crippen LogP contribution >= 0.6 is 22.7 Å². The summed E-state index contributed by atoms with van der Waals surface area (Å²) < 4.78 is 51.9. The number of hydrogen-bond donors (Lipinski definition) is 3. The molecular formula is C24H24F4N4O4S2. The van der Waals surface area contributed by atoms with Crippen LogP contribution in [0.15, 0.2) is 42.0 Å². The van der Waals surface area contributed by atoms with Crippen LogP contribution in [0.25, 0.3) is 10.6 Å². The molecular weight excluding hydrogens is 548 g/mol. The Hall–Kier alpha value is -3.23. The van der Waals surface area contributed by atoms with Gasteiger partial charge in [0.15, 0.2) is 5.01 Å². The van der Waals surface area contributed by atoms with Crippen LogP contribution in [0.4, 0.5) is 17.6 Å². The summed E-state index contributed by atoms with van der Waals surface area (Å²) in [4.78, 5) is 46.8. The summed E-state index contributed by atoms with van der Waals surface area (Å²) in [5, 5.41) is 16.4. The number of halogens is 4. The minimum absolute atomic E-state index is 0.0453. The van der Waals surface area contributed by atoms with Gasteiger partial charge in [-0.1, -0.05) is 0 Å². The first-order valence-electron chi connectivity index (χ1n) is 11.4. The number of rotatable bonds is 12. The molecule has 3 N–H and O–H groups in total. The smallest absolute Gasteiger partial charge is 0.389 e. The molecule has 3 rings (SSSR count). The first-order valence-corrected chi connectivity index (χ1v) is 13.1. The van der Waals surface area contributed by atoms with E-state index in [4.69, 9.17) is 0 Å². The van der Waals surface area contributed by atoms with Crippen molar-refractivity contribution in [3.63, 3.8) is 0 Å². The van der Waals surface area contributed by atoms with Crippen molar-refractivity contribution in [3.8, 4) is 10.6 Å². The van der Waals surface area contributed by atoms with Crippen molar-refractivity contribution in [1.82, 2.24) is 20.6 Å². The lowest BCUT2D eigenvalue weighted by Crippen LogP contribution is -2.52. The average molecular weight is 573 g/mol. The molecule has 204 valence electrons. The van der Waals surface area contributed by atoms with Crippen LogP contribution in [0.3, 0.4) is 0 Å². The number of alkyl halides is 3. The van der Waals surface area contributed by atoms with Crippen LogP contribution in [0.2, 0.25) is 0 Å². The maximum Gasteiger partial charge on any atom is 0.389 e. The highest BCUT2D eigenvalue weighted by atomic mass is 32.1. The van der Waals surface area contributed by atoms with Crippen molar-refractivity contribution in [3.05, 3.63) is 57.7 Å². The molecule has 1 unspecified atom stereocenters. The highest BCUT2D eigenvalue weighted by Gasteiger charge is 2.34. The Morgan fingerprint density at radius 2 is 1.74 bits per heavy atom. The number of aromatic nitrogens is 2. The normalized spacial score (nSPS) is 13.9. The third-order valence-electron chi connectivity index (χ3n) is 5.31. The predicted octanol–water partition coefficient (Wildman–Crippen LogP) is 4.38. The fourth-order valence-corrected chi connectivity index (χ4v) is 4.81. The largest absolute Gasteiger partial charge is 0.393 e. The molecule has 0 saturated heterocycles. The lowest BCUT2D eigenvalue weighted by Gasteiger charge is -2.23. The topological polar surface area (TPSA) is 121 Å². The van der Waals surface area contributed by atoms with E-state index in [1.807, 2.05) is 0 Å². The molecule has 3 aromatic rings. The maximum absolute atomic E-state index is 13.2. The van der Waals surface area contributed by atoms with Crippen LogP contribution < -0.4 is 10.6 Å². The van der Waals surface area contributed by atoms with E-state index >= 15 is 0 Å². The van der Waals surface area contributed by atoms with Crippen molar-refractivity contribution < 1.29 is 37.1 Å². The third kappa shape index (κ3) is 8.67. The number of nitrogens with one attached hydrogen (secondary N) is 2. The Morgan fingerprint density at radius 3 is 2.34 bits per heavy atom. The van der Waals surface area contributed by atoms with Gasteiger partial charge in [-0.15, -0.1) is 22.7 Å². The highest BCUT2D eigenvalue weighted by Crippen LogP contribution is 2.26. The van der Waals surface area contributed by atoms with E-state index in [1.54, 1.807) is 0 Å². The first kappa shape index (κ1) is 29.3. The van der Waals surface area contributed by atoms with Gasteiger partial charge in [-0.3, -0.25) is 14.4 Å². The molecule has 0 saturated carbocycles. The molecule has 0 spiro atoms. The molecule has 2 aromatic heterocycles. The maximum atomic E-state index is 13.2. The summed E-state index contributed by atoms with van der Waals surface area (Å²) in [7, 11) is 0. The van der Waals surface area contributed by atoms with Gasteiger partial charge in [-0.2, -0.15) is 13.2 Å². The minimum atomic E-state index is -4.56. The molecule has 0 fully saturated rings. The molecule has 0 aliphatic carbocycles. The fraction of sp³-hybridized carbons (Fsp3) is 0.375. The van der Waals surface area contributed by atoms with E-state index < -0.39 is 60.6 Å².